The van der Waals surface area contributed by atoms with Gasteiger partial charge in [0.05, 0.1) is 5.39 Å². The summed E-state index contributed by atoms with van der Waals surface area (Å²) in [7, 11) is 0. The SMILES string of the molecule is CCCCn1nc(-c2ccccc2)c2c(N)[nH]nc21. The van der Waals surface area contributed by atoms with Gasteiger partial charge < -0.3 is 5.73 Å². The lowest BCUT2D eigenvalue weighted by molar-refractivity contribution is 0.584. The van der Waals surface area contributed by atoms with Crippen molar-refractivity contribution in [3.8, 4) is 11.3 Å². The quantitative estimate of drug-likeness (QED) is 0.753. The van der Waals surface area contributed by atoms with Crippen molar-refractivity contribution in [2.45, 2.75) is 26.3 Å². The first-order valence-corrected chi connectivity index (χ1v) is 6.57. The fourth-order valence-corrected chi connectivity index (χ4v) is 2.25. The van der Waals surface area contributed by atoms with E-state index in [9.17, 15) is 0 Å². The van der Waals surface area contributed by atoms with Gasteiger partial charge in [0.25, 0.3) is 0 Å². The Morgan fingerprint density at radius 2 is 2.05 bits per heavy atom. The Kier molecular flexibility index (Phi) is 2.95. The second-order valence-electron chi connectivity index (χ2n) is 4.63. The summed E-state index contributed by atoms with van der Waals surface area (Å²) in [4.78, 5) is 0. The lowest BCUT2D eigenvalue weighted by atomic mass is 10.1. The fraction of sp³-hybridized carbons (Fsp3) is 0.286. The van der Waals surface area contributed by atoms with Crippen molar-refractivity contribution < 1.29 is 0 Å². The third kappa shape index (κ3) is 1.97. The van der Waals surface area contributed by atoms with Crippen molar-refractivity contribution in [2.75, 3.05) is 5.73 Å². The maximum atomic E-state index is 5.98. The van der Waals surface area contributed by atoms with Crippen LogP contribution in [0.2, 0.25) is 0 Å². The molecule has 0 aliphatic heterocycles. The van der Waals surface area contributed by atoms with Gasteiger partial charge in [-0.3, -0.25) is 5.10 Å². The summed E-state index contributed by atoms with van der Waals surface area (Å²) >= 11 is 0. The van der Waals surface area contributed by atoms with Crippen molar-refractivity contribution in [1.82, 2.24) is 20.0 Å². The summed E-state index contributed by atoms with van der Waals surface area (Å²) in [5, 5.41) is 12.7. The number of aromatic amines is 1. The van der Waals surface area contributed by atoms with Gasteiger partial charge in [-0.25, -0.2) is 4.68 Å². The van der Waals surface area contributed by atoms with Crippen LogP contribution in [0.1, 0.15) is 19.8 Å². The molecule has 5 heteroatoms. The van der Waals surface area contributed by atoms with E-state index in [1.807, 2.05) is 35.0 Å². The molecule has 1 aromatic carbocycles. The predicted octanol–water partition coefficient (Wildman–Crippen LogP) is 2.81. The van der Waals surface area contributed by atoms with E-state index >= 15 is 0 Å². The van der Waals surface area contributed by atoms with Crippen LogP contribution in [0.25, 0.3) is 22.3 Å². The highest BCUT2D eigenvalue weighted by molar-refractivity contribution is 5.98. The van der Waals surface area contributed by atoms with Crippen LogP contribution in [0.15, 0.2) is 30.3 Å². The van der Waals surface area contributed by atoms with Gasteiger partial charge in [-0.1, -0.05) is 43.7 Å². The van der Waals surface area contributed by atoms with Gasteiger partial charge in [-0.2, -0.15) is 10.2 Å². The number of aromatic nitrogens is 4. The average Bonchev–Trinajstić information content (AvgIpc) is 2.99. The molecule has 2 heterocycles. The molecule has 0 saturated carbocycles. The second kappa shape index (κ2) is 4.76. The third-order valence-corrected chi connectivity index (χ3v) is 3.25. The van der Waals surface area contributed by atoms with Crippen LogP contribution in [-0.4, -0.2) is 20.0 Å². The Morgan fingerprint density at radius 1 is 1.26 bits per heavy atom. The summed E-state index contributed by atoms with van der Waals surface area (Å²) in [6, 6.07) is 10.1. The van der Waals surface area contributed by atoms with Crippen LogP contribution >= 0.6 is 0 Å². The van der Waals surface area contributed by atoms with Gasteiger partial charge in [0, 0.05) is 12.1 Å². The molecule has 98 valence electrons. The number of hydrogen-bond acceptors (Lipinski definition) is 3. The third-order valence-electron chi connectivity index (χ3n) is 3.25. The van der Waals surface area contributed by atoms with Crippen molar-refractivity contribution in [3.63, 3.8) is 0 Å². The Hall–Kier alpha value is -2.30. The van der Waals surface area contributed by atoms with Crippen molar-refractivity contribution in [3.05, 3.63) is 30.3 Å². The summed E-state index contributed by atoms with van der Waals surface area (Å²) in [6.45, 7) is 3.03. The number of aryl methyl sites for hydroxylation is 1. The maximum Gasteiger partial charge on any atom is 0.182 e. The number of unbranched alkanes of at least 4 members (excludes halogenated alkanes) is 1. The van der Waals surface area contributed by atoms with Gasteiger partial charge in [0.1, 0.15) is 11.5 Å². The Bertz CT molecular complexity index is 680. The number of nitrogens with one attached hydrogen (secondary N) is 1. The molecule has 0 amide bonds. The van der Waals surface area contributed by atoms with Crippen molar-refractivity contribution in [2.24, 2.45) is 0 Å². The Morgan fingerprint density at radius 3 is 2.79 bits per heavy atom. The maximum absolute atomic E-state index is 5.98. The van der Waals surface area contributed by atoms with Gasteiger partial charge in [-0.15, -0.1) is 0 Å². The van der Waals surface area contributed by atoms with E-state index in [4.69, 9.17) is 5.73 Å². The molecular weight excluding hydrogens is 238 g/mol. The molecule has 3 aromatic rings. The number of anilines is 1. The average molecular weight is 255 g/mol. The first-order valence-electron chi connectivity index (χ1n) is 6.57. The monoisotopic (exact) mass is 255 g/mol. The summed E-state index contributed by atoms with van der Waals surface area (Å²) in [5.41, 5.74) is 8.79. The van der Waals surface area contributed by atoms with Gasteiger partial charge in [0.15, 0.2) is 5.65 Å². The molecule has 0 bridgehead atoms. The van der Waals surface area contributed by atoms with E-state index in [1.165, 1.54) is 0 Å². The number of nitrogens with two attached hydrogens (primary N) is 1. The number of nitrogens with zero attached hydrogens (tertiary/aromatic N) is 3. The van der Waals surface area contributed by atoms with Crippen LogP contribution in [-0.2, 0) is 6.54 Å². The minimum Gasteiger partial charge on any atom is -0.383 e. The molecule has 5 nitrogen and oxygen atoms in total. The Labute approximate surface area is 111 Å². The zero-order chi connectivity index (χ0) is 13.2. The first-order chi connectivity index (χ1) is 9.31. The molecule has 19 heavy (non-hydrogen) atoms. The van der Waals surface area contributed by atoms with Crippen molar-refractivity contribution >= 4 is 16.9 Å². The zero-order valence-electron chi connectivity index (χ0n) is 10.9. The molecule has 3 N–H and O–H groups in total. The van der Waals surface area contributed by atoms with Gasteiger partial charge >= 0.3 is 0 Å². The highest BCUT2D eigenvalue weighted by Crippen LogP contribution is 2.30. The van der Waals surface area contributed by atoms with Crippen LogP contribution in [0.4, 0.5) is 5.82 Å². The highest BCUT2D eigenvalue weighted by Gasteiger charge is 2.17. The van der Waals surface area contributed by atoms with Crippen LogP contribution in [0, 0.1) is 0 Å². The Balaban J connectivity index is 2.16. The molecule has 0 aliphatic carbocycles. The normalized spacial score (nSPS) is 11.2. The number of benzene rings is 1. The molecule has 0 atom stereocenters. The zero-order valence-corrected chi connectivity index (χ0v) is 10.9. The van der Waals surface area contributed by atoms with E-state index < -0.39 is 0 Å². The van der Waals surface area contributed by atoms with E-state index in [-0.39, 0.29) is 0 Å². The van der Waals surface area contributed by atoms with E-state index in [0.717, 1.165) is 41.7 Å². The standard InChI is InChI=1S/C14H17N5/c1-2-3-9-19-14-11(13(15)16-17-14)12(18-19)10-7-5-4-6-8-10/h4-8H,2-3,9H2,1H3,(H3,15,16,17). The molecule has 0 saturated heterocycles. The molecule has 0 radical (unpaired) electrons. The number of rotatable bonds is 4. The first kappa shape index (κ1) is 11.8. The molecule has 2 aromatic heterocycles. The van der Waals surface area contributed by atoms with E-state index in [1.54, 1.807) is 0 Å². The molecule has 3 rings (SSSR count). The van der Waals surface area contributed by atoms with Crippen LogP contribution in [0.3, 0.4) is 0 Å². The number of H-pyrrole nitrogens is 1. The number of hydrogen-bond donors (Lipinski definition) is 2. The molecular formula is C14H17N5. The number of fused-ring (bicyclic) bond motifs is 1. The van der Waals surface area contributed by atoms with Crippen LogP contribution < -0.4 is 5.73 Å². The minimum absolute atomic E-state index is 0.580. The van der Waals surface area contributed by atoms with Crippen LogP contribution in [0.5, 0.6) is 0 Å². The van der Waals surface area contributed by atoms with Crippen molar-refractivity contribution in [1.29, 1.82) is 0 Å². The fourth-order valence-electron chi connectivity index (χ4n) is 2.25. The molecule has 0 spiro atoms. The lowest BCUT2D eigenvalue weighted by Crippen LogP contribution is -2.00. The topological polar surface area (TPSA) is 72.5 Å². The van der Waals surface area contributed by atoms with E-state index in [0.29, 0.717) is 5.82 Å². The minimum atomic E-state index is 0.580. The molecule has 0 fully saturated rings. The van der Waals surface area contributed by atoms with Gasteiger partial charge in [-0.05, 0) is 6.42 Å². The largest absolute Gasteiger partial charge is 0.383 e. The second-order valence-corrected chi connectivity index (χ2v) is 4.63. The highest BCUT2D eigenvalue weighted by atomic mass is 15.3. The smallest absolute Gasteiger partial charge is 0.182 e. The summed E-state index contributed by atoms with van der Waals surface area (Å²) in [5.74, 6) is 0.580. The summed E-state index contributed by atoms with van der Waals surface area (Å²) in [6.07, 6.45) is 2.21. The lowest BCUT2D eigenvalue weighted by Gasteiger charge is -1.99. The van der Waals surface area contributed by atoms with Gasteiger partial charge in [0.2, 0.25) is 0 Å². The predicted molar refractivity (Wildman–Crippen MR) is 76.6 cm³/mol. The number of nitrogen functional groups attached to an aromatic ring is 1. The molecule has 0 aliphatic rings. The van der Waals surface area contributed by atoms with E-state index in [2.05, 4.69) is 22.2 Å². The molecule has 0 unspecified atom stereocenters. The summed E-state index contributed by atoms with van der Waals surface area (Å²) < 4.78 is 1.94.